The fourth-order valence-electron chi connectivity index (χ4n) is 0. The van der Waals surface area contributed by atoms with Crippen LogP contribution in [0.5, 0.6) is 0 Å². The highest BCUT2D eigenvalue weighted by atomic mass is 35.5. The minimum absolute atomic E-state index is 1.54. The van der Waals surface area contributed by atoms with Crippen LogP contribution in [0, 0.1) is 0 Å². The first kappa shape index (κ1) is 6.44. The highest BCUT2D eigenvalue weighted by Crippen LogP contribution is 2.11. The maximum absolute atomic E-state index is 10.9. The van der Waals surface area contributed by atoms with E-state index in [-0.39, 0.29) is 0 Å². The molecule has 0 aromatic heterocycles. The van der Waals surface area contributed by atoms with Crippen molar-refractivity contribution in [3.8, 4) is 0 Å². The Balaban J connectivity index is 2.99. The molecule has 0 aliphatic heterocycles. The lowest BCUT2D eigenvalue weighted by Gasteiger charge is -1.92. The van der Waals surface area contributed by atoms with Crippen molar-refractivity contribution in [1.29, 1.82) is 0 Å². The third kappa shape index (κ3) is 2.67. The highest BCUT2D eigenvalue weighted by Gasteiger charge is 2.11. The van der Waals surface area contributed by atoms with Crippen LogP contribution in [-0.2, 0) is 0 Å². The zero-order valence-electron chi connectivity index (χ0n) is 2.67. The monoisotopic (exact) mass is 134 g/mol. The molecule has 0 aromatic carbocycles. The zero-order chi connectivity index (χ0) is 5.15. The molecule has 0 aliphatic carbocycles. The predicted molar refractivity (Wildman–Crippen MR) is 21.5 cm³/mol. The summed E-state index contributed by atoms with van der Waals surface area (Å²) < 4.78 is 21.8. The van der Waals surface area contributed by atoms with Crippen molar-refractivity contribution < 1.29 is 8.78 Å². The Morgan fingerprint density at radius 1 is 1.17 bits per heavy atom. The van der Waals surface area contributed by atoms with Crippen LogP contribution in [0.2, 0.25) is 0 Å². The Labute approximate surface area is 44.0 Å². The Kier molecular flexibility index (Phi) is 2.78. The second-order valence-electron chi connectivity index (χ2n) is 0.669. The molecule has 0 aromatic rings. The van der Waals surface area contributed by atoms with E-state index in [4.69, 9.17) is 0 Å². The van der Waals surface area contributed by atoms with Gasteiger partial charge in [0.2, 0.25) is 0 Å². The van der Waals surface area contributed by atoms with Crippen LogP contribution >= 0.6 is 23.2 Å². The number of hydrogen-bond donors (Lipinski definition) is 0. The molecule has 0 atom stereocenters. The van der Waals surface area contributed by atoms with E-state index in [1.54, 1.807) is 0 Å². The van der Waals surface area contributed by atoms with Crippen molar-refractivity contribution in [3.63, 3.8) is 0 Å². The molecule has 0 saturated carbocycles. The average molecular weight is 135 g/mol. The quantitative estimate of drug-likeness (QED) is 0.482. The molecule has 6 heavy (non-hydrogen) atoms. The summed E-state index contributed by atoms with van der Waals surface area (Å²) >= 11 is 9.26. The third-order valence-electron chi connectivity index (χ3n) is 0.190. The molecule has 0 spiro atoms. The molecule has 0 saturated heterocycles. The van der Waals surface area contributed by atoms with E-state index in [9.17, 15) is 8.78 Å². The van der Waals surface area contributed by atoms with E-state index in [0.717, 1.165) is 0 Å². The summed E-state index contributed by atoms with van der Waals surface area (Å²) in [6.45, 7) is 0. The number of hydrogen-bond acceptors (Lipinski definition) is 0. The molecule has 0 rings (SSSR count). The first-order valence-corrected chi connectivity index (χ1v) is 2.08. The zero-order valence-corrected chi connectivity index (χ0v) is 4.18. The van der Waals surface area contributed by atoms with Crippen LogP contribution in [0.15, 0.2) is 0 Å². The van der Waals surface area contributed by atoms with Gasteiger partial charge < -0.3 is 0 Å². The first-order chi connectivity index (χ1) is 2.64. The lowest BCUT2D eigenvalue weighted by atomic mass is 10.8. The van der Waals surface area contributed by atoms with Crippen molar-refractivity contribution in [2.75, 3.05) is 0 Å². The van der Waals surface area contributed by atoms with Crippen LogP contribution in [0.4, 0.5) is 8.78 Å². The molecule has 38 valence electrons. The summed E-state index contributed by atoms with van der Waals surface area (Å²) in [7, 11) is 0. The molecule has 4 heteroatoms. The predicted octanol–water partition coefficient (Wildman–Crippen LogP) is 2.06. The number of alkyl halides is 4. The van der Waals surface area contributed by atoms with Crippen molar-refractivity contribution >= 4 is 23.2 Å². The van der Waals surface area contributed by atoms with E-state index >= 15 is 0 Å². The fraction of sp³-hybridized carbons (Fsp3) is 1.00. The van der Waals surface area contributed by atoms with E-state index < -0.39 is 11.3 Å². The van der Waals surface area contributed by atoms with Gasteiger partial charge in [0.15, 0.2) is 4.84 Å². The third-order valence-corrected chi connectivity index (χ3v) is 0.571. The van der Waals surface area contributed by atoms with Gasteiger partial charge in [0, 0.05) is 0 Å². The first-order valence-electron chi connectivity index (χ1n) is 1.21. The van der Waals surface area contributed by atoms with Gasteiger partial charge in [0.25, 0.3) is 6.43 Å². The largest absolute Gasteiger partial charge is 0.268 e. The molecule has 0 unspecified atom stereocenters. The van der Waals surface area contributed by atoms with E-state index in [0.29, 0.717) is 0 Å². The lowest BCUT2D eigenvalue weighted by molar-refractivity contribution is 0.164. The molecule has 0 amide bonds. The number of halogens is 4. The van der Waals surface area contributed by atoms with Crippen molar-refractivity contribution in [3.05, 3.63) is 0 Å². The topological polar surface area (TPSA) is 0 Å². The SMILES string of the molecule is FC(F)C(Cl)Cl. The summed E-state index contributed by atoms with van der Waals surface area (Å²) in [5, 5.41) is 0. The Morgan fingerprint density at radius 3 is 1.33 bits per heavy atom. The molecule has 0 fully saturated rings. The minimum atomic E-state index is -2.62. The van der Waals surface area contributed by atoms with Crippen molar-refractivity contribution in [2.45, 2.75) is 11.3 Å². The van der Waals surface area contributed by atoms with Crippen LogP contribution < -0.4 is 0 Å². The van der Waals surface area contributed by atoms with Gasteiger partial charge in [-0.3, -0.25) is 0 Å². The average Bonchev–Trinajstić information content (AvgIpc) is 1.36. The molecular formula is C2H2Cl2F2. The standard InChI is InChI=1S/C2H2Cl2F2/c3-1(4)2(5)6/h1-2H. The van der Waals surface area contributed by atoms with E-state index in [1.165, 1.54) is 0 Å². The smallest absolute Gasteiger partial charge is 0.207 e. The van der Waals surface area contributed by atoms with Crippen molar-refractivity contribution in [2.24, 2.45) is 0 Å². The summed E-state index contributed by atoms with van der Waals surface area (Å²) in [5.74, 6) is 0. The van der Waals surface area contributed by atoms with Crippen molar-refractivity contribution in [1.82, 2.24) is 0 Å². The van der Waals surface area contributed by atoms with Gasteiger partial charge >= 0.3 is 0 Å². The molecule has 0 radical (unpaired) electrons. The summed E-state index contributed by atoms with van der Waals surface area (Å²) in [6.07, 6.45) is -2.62. The van der Waals surface area contributed by atoms with Gasteiger partial charge in [-0.25, -0.2) is 8.78 Å². The summed E-state index contributed by atoms with van der Waals surface area (Å²) in [6, 6.07) is 0. The second-order valence-corrected chi connectivity index (χ2v) is 1.83. The fourth-order valence-corrected chi connectivity index (χ4v) is 0. The minimum Gasteiger partial charge on any atom is -0.207 e. The Morgan fingerprint density at radius 2 is 1.33 bits per heavy atom. The van der Waals surface area contributed by atoms with Crippen LogP contribution in [0.25, 0.3) is 0 Å². The van der Waals surface area contributed by atoms with Gasteiger partial charge in [0.1, 0.15) is 0 Å². The van der Waals surface area contributed by atoms with Gasteiger partial charge in [-0.1, -0.05) is 23.2 Å². The Hall–Kier alpha value is 0.440. The molecule has 0 heterocycles. The van der Waals surface area contributed by atoms with Crippen LogP contribution in [-0.4, -0.2) is 11.3 Å². The van der Waals surface area contributed by atoms with E-state index in [2.05, 4.69) is 23.2 Å². The Bertz CT molecular complexity index is 30.5. The molecule has 0 N–H and O–H groups in total. The normalized spacial score (nSPS) is 11.0. The lowest BCUT2D eigenvalue weighted by Crippen LogP contribution is -1.99. The van der Waals surface area contributed by atoms with Gasteiger partial charge in [-0.15, -0.1) is 0 Å². The van der Waals surface area contributed by atoms with Crippen LogP contribution in [0.3, 0.4) is 0 Å². The maximum atomic E-state index is 10.9. The van der Waals surface area contributed by atoms with Gasteiger partial charge in [0.05, 0.1) is 0 Å². The second kappa shape index (κ2) is 2.59. The molecule has 0 bridgehead atoms. The molecular weight excluding hydrogens is 133 g/mol. The highest BCUT2D eigenvalue weighted by molar-refractivity contribution is 6.44. The van der Waals surface area contributed by atoms with Gasteiger partial charge in [-0.05, 0) is 0 Å². The summed E-state index contributed by atoms with van der Waals surface area (Å²) in [4.78, 5) is -1.54. The van der Waals surface area contributed by atoms with Gasteiger partial charge in [-0.2, -0.15) is 0 Å². The van der Waals surface area contributed by atoms with E-state index in [1.807, 2.05) is 0 Å². The molecule has 0 nitrogen and oxygen atoms in total. The molecule has 0 aliphatic rings. The van der Waals surface area contributed by atoms with Crippen LogP contribution in [0.1, 0.15) is 0 Å². The summed E-state index contributed by atoms with van der Waals surface area (Å²) in [5.41, 5.74) is 0. The number of rotatable bonds is 1. The maximum Gasteiger partial charge on any atom is 0.268 e.